The molecule has 2 aliphatic heterocycles. The molecule has 1 fully saturated rings. The number of carbonyl (C=O) groups is 1. The largest absolute Gasteiger partial charge is 0.381 e. The molecule has 5 rings (SSSR count). The van der Waals surface area contributed by atoms with Crippen LogP contribution in [0.5, 0.6) is 0 Å². The zero-order chi connectivity index (χ0) is 22.5. The molecule has 2 aliphatic rings. The number of pyridine rings is 1. The van der Waals surface area contributed by atoms with Gasteiger partial charge in [-0.1, -0.05) is 6.07 Å². The molecule has 1 amide bonds. The minimum Gasteiger partial charge on any atom is -0.381 e. The van der Waals surface area contributed by atoms with Crippen LogP contribution < -0.4 is 5.32 Å². The van der Waals surface area contributed by atoms with Crippen molar-refractivity contribution in [3.8, 4) is 11.1 Å². The molecule has 2 aromatic heterocycles. The summed E-state index contributed by atoms with van der Waals surface area (Å²) in [4.78, 5) is 19.1. The van der Waals surface area contributed by atoms with E-state index in [4.69, 9.17) is 4.74 Å². The maximum Gasteiger partial charge on any atom is 0.254 e. The molecule has 0 spiro atoms. The summed E-state index contributed by atoms with van der Waals surface area (Å²) in [5.41, 5.74) is 5.99. The van der Waals surface area contributed by atoms with Gasteiger partial charge in [0.25, 0.3) is 5.91 Å². The van der Waals surface area contributed by atoms with Crippen molar-refractivity contribution in [3.63, 3.8) is 0 Å². The van der Waals surface area contributed by atoms with E-state index in [1.807, 2.05) is 13.1 Å². The van der Waals surface area contributed by atoms with Gasteiger partial charge >= 0.3 is 0 Å². The lowest BCUT2D eigenvalue weighted by atomic mass is 9.87. The first-order valence-corrected chi connectivity index (χ1v) is 11.1. The quantitative estimate of drug-likeness (QED) is 0.583. The third kappa shape index (κ3) is 3.79. The van der Waals surface area contributed by atoms with Gasteiger partial charge in [-0.25, -0.2) is 4.98 Å². The molecular formula is C24H29N5O3. The molecule has 32 heavy (non-hydrogen) atoms. The van der Waals surface area contributed by atoms with E-state index in [1.54, 1.807) is 18.7 Å². The first-order chi connectivity index (χ1) is 15.3. The number of rotatable bonds is 3. The molecule has 3 aromatic rings. The molecule has 0 saturated carbocycles. The van der Waals surface area contributed by atoms with Crippen molar-refractivity contribution in [2.75, 3.05) is 26.3 Å². The molecular weight excluding hydrogens is 406 g/mol. The Morgan fingerprint density at radius 2 is 2.12 bits per heavy atom. The van der Waals surface area contributed by atoms with E-state index in [0.717, 1.165) is 51.9 Å². The Labute approximate surface area is 187 Å². The molecule has 1 atom stereocenters. The zero-order valence-electron chi connectivity index (χ0n) is 18.7. The third-order valence-corrected chi connectivity index (χ3v) is 6.42. The van der Waals surface area contributed by atoms with E-state index in [9.17, 15) is 9.90 Å². The number of H-pyrrole nitrogens is 1. The number of hydrogen-bond acceptors (Lipinski definition) is 6. The highest BCUT2D eigenvalue weighted by Gasteiger charge is 2.33. The smallest absolute Gasteiger partial charge is 0.254 e. The van der Waals surface area contributed by atoms with E-state index in [0.29, 0.717) is 26.3 Å². The van der Waals surface area contributed by atoms with Crippen LogP contribution in [0.3, 0.4) is 0 Å². The molecule has 0 radical (unpaired) electrons. The summed E-state index contributed by atoms with van der Waals surface area (Å²) in [5.74, 6) is -0.240. The standard InChI is InChI=1S/C24H29N5O3/c1-14-18-10-17(11-26-22(18)28-27-14)16-8-15-4-6-29(23(30)24(2,3)31)12-20(15)19(9-16)21-13-32-7-5-25-21/h8-11,21,25,31H,4-7,12-13H2,1-3H3,(H,26,27,28)/t21-/m0/s1. The fraction of sp³-hybridized carbons (Fsp3) is 0.458. The molecule has 0 aliphatic carbocycles. The van der Waals surface area contributed by atoms with Gasteiger partial charge in [-0.3, -0.25) is 9.89 Å². The fourth-order valence-corrected chi connectivity index (χ4v) is 4.69. The van der Waals surface area contributed by atoms with Gasteiger partial charge < -0.3 is 20.1 Å². The minimum atomic E-state index is -1.38. The van der Waals surface area contributed by atoms with Crippen LogP contribution in [0.25, 0.3) is 22.2 Å². The average molecular weight is 436 g/mol. The summed E-state index contributed by atoms with van der Waals surface area (Å²) in [5, 5.41) is 22.1. The monoisotopic (exact) mass is 435 g/mol. The van der Waals surface area contributed by atoms with Crippen LogP contribution in [-0.2, 0) is 22.5 Å². The van der Waals surface area contributed by atoms with Gasteiger partial charge in [0.2, 0.25) is 0 Å². The topological polar surface area (TPSA) is 103 Å². The maximum absolute atomic E-state index is 12.8. The second-order valence-corrected chi connectivity index (χ2v) is 9.25. The van der Waals surface area contributed by atoms with Crippen molar-refractivity contribution in [2.24, 2.45) is 0 Å². The Morgan fingerprint density at radius 1 is 1.28 bits per heavy atom. The average Bonchev–Trinajstić information content (AvgIpc) is 3.17. The maximum atomic E-state index is 12.8. The lowest BCUT2D eigenvalue weighted by molar-refractivity contribution is -0.148. The van der Waals surface area contributed by atoms with Crippen molar-refractivity contribution >= 4 is 16.9 Å². The van der Waals surface area contributed by atoms with Gasteiger partial charge in [0.15, 0.2) is 5.65 Å². The number of nitrogens with one attached hydrogen (secondary N) is 2. The minimum absolute atomic E-state index is 0.0574. The number of hydrogen-bond donors (Lipinski definition) is 3. The molecule has 3 N–H and O–H groups in total. The van der Waals surface area contributed by atoms with Crippen LogP contribution in [0.4, 0.5) is 0 Å². The molecule has 0 bridgehead atoms. The van der Waals surface area contributed by atoms with Crippen molar-refractivity contribution in [1.29, 1.82) is 0 Å². The summed E-state index contributed by atoms with van der Waals surface area (Å²) in [6.07, 6.45) is 2.62. The van der Waals surface area contributed by atoms with Crippen molar-refractivity contribution in [2.45, 2.75) is 45.4 Å². The molecule has 1 saturated heterocycles. The predicted octanol–water partition coefficient (Wildman–Crippen LogP) is 2.25. The van der Waals surface area contributed by atoms with Crippen LogP contribution in [0.15, 0.2) is 24.4 Å². The SMILES string of the molecule is Cc1n[nH]c2ncc(-c3cc4c(c([C@@H]5COCCN5)c3)CN(C(=O)C(C)(C)O)CC4)cc12. The zero-order valence-corrected chi connectivity index (χ0v) is 18.7. The number of fused-ring (bicyclic) bond motifs is 2. The summed E-state index contributed by atoms with van der Waals surface area (Å²) in [6.45, 7) is 8.22. The lowest BCUT2D eigenvalue weighted by Gasteiger charge is -2.36. The number of morpholine rings is 1. The van der Waals surface area contributed by atoms with E-state index < -0.39 is 5.60 Å². The summed E-state index contributed by atoms with van der Waals surface area (Å²) < 4.78 is 5.76. The first-order valence-electron chi connectivity index (χ1n) is 11.1. The molecule has 8 heteroatoms. The van der Waals surface area contributed by atoms with Gasteiger partial charge in [-0.15, -0.1) is 0 Å². The highest BCUT2D eigenvalue weighted by Crippen LogP contribution is 2.34. The first kappa shape index (κ1) is 21.1. The second kappa shape index (κ2) is 7.95. The number of aliphatic hydroxyl groups is 1. The second-order valence-electron chi connectivity index (χ2n) is 9.25. The van der Waals surface area contributed by atoms with E-state index in [2.05, 4.69) is 38.7 Å². The number of ether oxygens (including phenoxy) is 1. The molecule has 0 unspecified atom stereocenters. The highest BCUT2D eigenvalue weighted by molar-refractivity contribution is 5.85. The number of aryl methyl sites for hydroxylation is 1. The Morgan fingerprint density at radius 3 is 2.88 bits per heavy atom. The summed E-state index contributed by atoms with van der Waals surface area (Å²) in [7, 11) is 0. The van der Waals surface area contributed by atoms with E-state index in [-0.39, 0.29) is 11.9 Å². The van der Waals surface area contributed by atoms with Crippen LogP contribution in [0, 0.1) is 6.92 Å². The number of amides is 1. The number of aromatic nitrogens is 3. The normalized spacial score (nSPS) is 19.2. The highest BCUT2D eigenvalue weighted by atomic mass is 16.5. The number of benzene rings is 1. The van der Waals surface area contributed by atoms with Crippen molar-refractivity contribution < 1.29 is 14.6 Å². The Hall–Kier alpha value is -2.81. The number of nitrogens with zero attached hydrogens (tertiary/aromatic N) is 3. The Balaban J connectivity index is 1.59. The fourth-order valence-electron chi connectivity index (χ4n) is 4.69. The Kier molecular flexibility index (Phi) is 5.23. The van der Waals surface area contributed by atoms with Crippen LogP contribution >= 0.6 is 0 Å². The van der Waals surface area contributed by atoms with E-state index >= 15 is 0 Å². The van der Waals surface area contributed by atoms with Gasteiger partial charge in [0.1, 0.15) is 5.60 Å². The molecule has 4 heterocycles. The van der Waals surface area contributed by atoms with Gasteiger partial charge in [0, 0.05) is 36.8 Å². The molecule has 8 nitrogen and oxygen atoms in total. The summed E-state index contributed by atoms with van der Waals surface area (Å²) in [6, 6.07) is 6.60. The molecule has 168 valence electrons. The number of aromatic amines is 1. The van der Waals surface area contributed by atoms with Gasteiger partial charge in [-0.05, 0) is 61.6 Å². The van der Waals surface area contributed by atoms with Crippen LogP contribution in [0.2, 0.25) is 0 Å². The third-order valence-electron chi connectivity index (χ3n) is 6.42. The van der Waals surface area contributed by atoms with Crippen LogP contribution in [0.1, 0.15) is 42.3 Å². The lowest BCUT2D eigenvalue weighted by Crippen LogP contribution is -2.47. The van der Waals surface area contributed by atoms with Crippen LogP contribution in [-0.4, -0.2) is 63.0 Å². The summed E-state index contributed by atoms with van der Waals surface area (Å²) >= 11 is 0. The van der Waals surface area contributed by atoms with E-state index in [1.165, 1.54) is 5.56 Å². The predicted molar refractivity (Wildman–Crippen MR) is 121 cm³/mol. The van der Waals surface area contributed by atoms with Crippen molar-refractivity contribution in [3.05, 3.63) is 46.8 Å². The van der Waals surface area contributed by atoms with Crippen molar-refractivity contribution in [1.82, 2.24) is 25.4 Å². The van der Waals surface area contributed by atoms with Gasteiger partial charge in [0.05, 0.1) is 24.9 Å². The van der Waals surface area contributed by atoms with Gasteiger partial charge in [-0.2, -0.15) is 5.10 Å². The number of carbonyl (C=O) groups excluding carboxylic acids is 1. The Bertz CT molecular complexity index is 1170. The molecule has 1 aromatic carbocycles.